The normalized spacial score (nSPS) is 24.2. The van der Waals surface area contributed by atoms with Gasteiger partial charge in [0.2, 0.25) is 0 Å². The third kappa shape index (κ3) is 3.33. The van der Waals surface area contributed by atoms with E-state index in [1.54, 1.807) is 0 Å². The van der Waals surface area contributed by atoms with Gasteiger partial charge in [-0.2, -0.15) is 0 Å². The van der Waals surface area contributed by atoms with Crippen molar-refractivity contribution in [1.29, 1.82) is 0 Å². The van der Waals surface area contributed by atoms with E-state index >= 15 is 0 Å². The molecule has 2 nitrogen and oxygen atoms in total. The molecule has 1 aromatic rings. The van der Waals surface area contributed by atoms with E-state index in [1.165, 1.54) is 36.0 Å². The van der Waals surface area contributed by atoms with Crippen LogP contribution in [0.3, 0.4) is 0 Å². The van der Waals surface area contributed by atoms with Gasteiger partial charge in [0.25, 0.3) is 0 Å². The number of nitrogens with two attached hydrogens (primary N) is 1. The summed E-state index contributed by atoms with van der Waals surface area (Å²) in [5, 5.41) is 3.42. The molecule has 1 saturated carbocycles. The zero-order valence-corrected chi connectivity index (χ0v) is 11.7. The van der Waals surface area contributed by atoms with Gasteiger partial charge in [-0.3, -0.25) is 0 Å². The molecular weight excluding hydrogens is 220 g/mol. The predicted molar refractivity (Wildman–Crippen MR) is 77.7 cm³/mol. The molecule has 0 heterocycles. The number of hydrogen-bond acceptors (Lipinski definition) is 2. The van der Waals surface area contributed by atoms with E-state index in [0.717, 1.165) is 19.5 Å². The molecule has 100 valence electrons. The number of nitrogens with one attached hydrogen (secondary N) is 1. The van der Waals surface area contributed by atoms with Crippen LogP contribution in [-0.2, 0) is 6.54 Å². The minimum absolute atomic E-state index is 0.405. The molecule has 18 heavy (non-hydrogen) atoms. The van der Waals surface area contributed by atoms with E-state index in [-0.39, 0.29) is 0 Å². The molecule has 0 amide bonds. The second kappa shape index (κ2) is 6.35. The van der Waals surface area contributed by atoms with Crippen LogP contribution in [0.5, 0.6) is 0 Å². The lowest BCUT2D eigenvalue weighted by Gasteiger charge is -2.27. The highest BCUT2D eigenvalue weighted by Gasteiger charge is 2.20. The Kier molecular flexibility index (Phi) is 4.79. The summed E-state index contributed by atoms with van der Waals surface area (Å²) in [7, 11) is 0. The highest BCUT2D eigenvalue weighted by atomic mass is 14.8. The average Bonchev–Trinajstić information content (AvgIpc) is 2.38. The zero-order valence-electron chi connectivity index (χ0n) is 11.7. The Morgan fingerprint density at radius 1 is 1.33 bits per heavy atom. The Bertz CT molecular complexity index is 387. The monoisotopic (exact) mass is 246 g/mol. The molecule has 0 saturated heterocycles. The topological polar surface area (TPSA) is 38.0 Å². The third-order valence-corrected chi connectivity index (χ3v) is 4.12. The first-order chi connectivity index (χ1) is 8.70. The molecule has 0 aliphatic heterocycles. The predicted octanol–water partition coefficient (Wildman–Crippen LogP) is 3.09. The van der Waals surface area contributed by atoms with Crippen LogP contribution in [-0.4, -0.2) is 12.6 Å². The Balaban J connectivity index is 2.12. The molecule has 2 heteroatoms. The van der Waals surface area contributed by atoms with E-state index in [1.807, 2.05) is 0 Å². The van der Waals surface area contributed by atoms with Crippen molar-refractivity contribution in [3.63, 3.8) is 0 Å². The zero-order chi connectivity index (χ0) is 13.0. The first-order valence-corrected chi connectivity index (χ1v) is 7.26. The summed E-state index contributed by atoms with van der Waals surface area (Å²) in [5.74, 6) is 0.676. The molecule has 3 N–H and O–H groups in total. The summed E-state index contributed by atoms with van der Waals surface area (Å²) in [4.78, 5) is 0. The first kappa shape index (κ1) is 13.6. The molecule has 0 spiro atoms. The van der Waals surface area contributed by atoms with Gasteiger partial charge in [0.15, 0.2) is 0 Å². The standard InChI is InChI=1S/C16H26N2/c1-3-18-11-15-9-14(8-7-12(15)2)13-5-4-6-16(17)10-13/h7-9,13,16,18H,3-6,10-11,17H2,1-2H3. The van der Waals surface area contributed by atoms with Crippen molar-refractivity contribution in [2.24, 2.45) is 5.73 Å². The summed E-state index contributed by atoms with van der Waals surface area (Å²) < 4.78 is 0. The second-order valence-corrected chi connectivity index (χ2v) is 5.59. The van der Waals surface area contributed by atoms with Gasteiger partial charge in [-0.25, -0.2) is 0 Å². The van der Waals surface area contributed by atoms with Gasteiger partial charge >= 0.3 is 0 Å². The highest BCUT2D eigenvalue weighted by molar-refractivity contribution is 5.33. The Labute approximate surface area is 111 Å². The summed E-state index contributed by atoms with van der Waals surface area (Å²) in [6, 6.07) is 7.36. The van der Waals surface area contributed by atoms with Gasteiger partial charge in [-0.1, -0.05) is 31.5 Å². The minimum atomic E-state index is 0.405. The van der Waals surface area contributed by atoms with Crippen LogP contribution in [0.15, 0.2) is 18.2 Å². The van der Waals surface area contributed by atoms with Crippen LogP contribution in [0.2, 0.25) is 0 Å². The van der Waals surface area contributed by atoms with E-state index in [2.05, 4.69) is 37.4 Å². The fourth-order valence-electron chi connectivity index (χ4n) is 2.93. The summed E-state index contributed by atoms with van der Waals surface area (Å²) in [5.41, 5.74) is 10.4. The van der Waals surface area contributed by atoms with Gasteiger partial charge in [0, 0.05) is 12.6 Å². The Hall–Kier alpha value is -0.860. The van der Waals surface area contributed by atoms with Crippen molar-refractivity contribution in [2.75, 3.05) is 6.54 Å². The van der Waals surface area contributed by atoms with Gasteiger partial charge in [0.05, 0.1) is 0 Å². The van der Waals surface area contributed by atoms with Crippen molar-refractivity contribution in [3.05, 3.63) is 34.9 Å². The quantitative estimate of drug-likeness (QED) is 0.857. The average molecular weight is 246 g/mol. The summed E-state index contributed by atoms with van der Waals surface area (Å²) >= 11 is 0. The van der Waals surface area contributed by atoms with Crippen LogP contribution < -0.4 is 11.1 Å². The highest BCUT2D eigenvalue weighted by Crippen LogP contribution is 2.32. The largest absolute Gasteiger partial charge is 0.328 e. The molecular formula is C16H26N2. The lowest BCUT2D eigenvalue weighted by atomic mass is 9.81. The maximum absolute atomic E-state index is 6.10. The smallest absolute Gasteiger partial charge is 0.0208 e. The molecule has 2 atom stereocenters. The van der Waals surface area contributed by atoms with E-state index in [4.69, 9.17) is 5.73 Å². The van der Waals surface area contributed by atoms with Crippen molar-refractivity contribution in [2.45, 2.75) is 58.0 Å². The van der Waals surface area contributed by atoms with Crippen LogP contribution in [0, 0.1) is 6.92 Å². The molecule has 1 aliphatic carbocycles. The van der Waals surface area contributed by atoms with Crippen LogP contribution in [0.4, 0.5) is 0 Å². The molecule has 1 fully saturated rings. The fourth-order valence-corrected chi connectivity index (χ4v) is 2.93. The maximum Gasteiger partial charge on any atom is 0.0208 e. The molecule has 0 aromatic heterocycles. The number of rotatable bonds is 4. The van der Waals surface area contributed by atoms with Gasteiger partial charge in [-0.15, -0.1) is 0 Å². The van der Waals surface area contributed by atoms with Gasteiger partial charge in [-0.05, 0) is 55.3 Å². The molecule has 2 unspecified atom stereocenters. The SMILES string of the molecule is CCNCc1cc(C2CCCC(N)C2)ccc1C. The van der Waals surface area contributed by atoms with E-state index < -0.39 is 0 Å². The number of aryl methyl sites for hydroxylation is 1. The van der Waals surface area contributed by atoms with E-state index in [0.29, 0.717) is 12.0 Å². The summed E-state index contributed by atoms with van der Waals surface area (Å²) in [6.07, 6.45) is 4.94. The lowest BCUT2D eigenvalue weighted by Crippen LogP contribution is -2.27. The molecule has 0 radical (unpaired) electrons. The number of hydrogen-bond donors (Lipinski definition) is 2. The van der Waals surface area contributed by atoms with Crippen LogP contribution in [0.25, 0.3) is 0 Å². The Morgan fingerprint density at radius 3 is 2.89 bits per heavy atom. The van der Waals surface area contributed by atoms with E-state index in [9.17, 15) is 0 Å². The van der Waals surface area contributed by atoms with Gasteiger partial charge < -0.3 is 11.1 Å². The van der Waals surface area contributed by atoms with Crippen molar-refractivity contribution < 1.29 is 0 Å². The second-order valence-electron chi connectivity index (χ2n) is 5.59. The Morgan fingerprint density at radius 2 is 2.17 bits per heavy atom. The maximum atomic E-state index is 6.10. The molecule has 0 bridgehead atoms. The van der Waals surface area contributed by atoms with Crippen LogP contribution >= 0.6 is 0 Å². The first-order valence-electron chi connectivity index (χ1n) is 7.26. The van der Waals surface area contributed by atoms with Gasteiger partial charge in [0.1, 0.15) is 0 Å². The number of benzene rings is 1. The molecule has 2 rings (SSSR count). The molecule has 1 aromatic carbocycles. The van der Waals surface area contributed by atoms with Crippen molar-refractivity contribution in [3.8, 4) is 0 Å². The third-order valence-electron chi connectivity index (χ3n) is 4.12. The van der Waals surface area contributed by atoms with Crippen LogP contribution in [0.1, 0.15) is 55.2 Å². The fraction of sp³-hybridized carbons (Fsp3) is 0.625. The lowest BCUT2D eigenvalue weighted by molar-refractivity contribution is 0.393. The minimum Gasteiger partial charge on any atom is -0.328 e. The molecule has 1 aliphatic rings. The summed E-state index contributed by atoms with van der Waals surface area (Å²) in [6.45, 7) is 6.36. The van der Waals surface area contributed by atoms with Crippen molar-refractivity contribution >= 4 is 0 Å². The van der Waals surface area contributed by atoms with Crippen molar-refractivity contribution in [1.82, 2.24) is 5.32 Å².